The smallest absolute Gasteiger partial charge is 0.227 e. The number of anilines is 2. The first-order chi connectivity index (χ1) is 14.7. The molecule has 2 heterocycles. The van der Waals surface area contributed by atoms with E-state index in [0.29, 0.717) is 12.5 Å². The van der Waals surface area contributed by atoms with Crippen LogP contribution in [0.25, 0.3) is 11.0 Å². The Balaban J connectivity index is 1.20. The van der Waals surface area contributed by atoms with Crippen molar-refractivity contribution in [1.29, 1.82) is 0 Å². The molecule has 0 bridgehead atoms. The highest BCUT2D eigenvalue weighted by atomic mass is 32.2. The minimum Gasteiger partial charge on any atom is -0.342 e. The molecule has 2 N–H and O–H groups in total. The van der Waals surface area contributed by atoms with Gasteiger partial charge in [-0.05, 0) is 43.2 Å². The second-order valence-electron chi connectivity index (χ2n) is 7.89. The summed E-state index contributed by atoms with van der Waals surface area (Å²) < 4.78 is 0. The lowest BCUT2D eigenvalue weighted by molar-refractivity contribution is -0.122. The monoisotopic (exact) mass is 420 g/mol. The van der Waals surface area contributed by atoms with Crippen molar-refractivity contribution in [2.45, 2.75) is 42.9 Å². The van der Waals surface area contributed by atoms with Crippen LogP contribution in [0.5, 0.6) is 0 Å². The van der Waals surface area contributed by atoms with Crippen molar-refractivity contribution in [3.63, 3.8) is 0 Å². The van der Waals surface area contributed by atoms with Gasteiger partial charge in [0.05, 0.1) is 16.7 Å². The van der Waals surface area contributed by atoms with E-state index in [0.717, 1.165) is 38.9 Å². The average molecular weight is 421 g/mol. The van der Waals surface area contributed by atoms with Crippen molar-refractivity contribution < 1.29 is 9.59 Å². The Labute approximate surface area is 179 Å². The maximum absolute atomic E-state index is 12.7. The van der Waals surface area contributed by atoms with Crippen LogP contribution in [0.2, 0.25) is 0 Å². The standard InChI is InChI=1S/C23H24N4O2S/c28-21(10-11-22(29)27-12-13-30-20-7-2-1-6-19(20)27)24-16-8-9-17-18(14-16)26-23(25-17)15-4-3-5-15/h1-2,6-9,14-15H,3-5,10-13H2,(H,24,28)(H,25,26). The Kier molecular flexibility index (Phi) is 5.21. The number of rotatable bonds is 5. The number of aromatic amines is 1. The van der Waals surface area contributed by atoms with E-state index < -0.39 is 0 Å². The quantitative estimate of drug-likeness (QED) is 0.628. The number of carbonyl (C=O) groups is 2. The molecule has 1 saturated carbocycles. The van der Waals surface area contributed by atoms with Gasteiger partial charge in [-0.25, -0.2) is 4.98 Å². The number of thioether (sulfide) groups is 1. The Morgan fingerprint density at radius 3 is 2.87 bits per heavy atom. The fourth-order valence-corrected chi connectivity index (χ4v) is 4.98. The molecule has 6 nitrogen and oxygen atoms in total. The molecule has 2 amide bonds. The summed E-state index contributed by atoms with van der Waals surface area (Å²) in [5, 5.41) is 2.92. The van der Waals surface area contributed by atoms with Crippen molar-refractivity contribution in [3.05, 3.63) is 48.3 Å². The summed E-state index contributed by atoms with van der Waals surface area (Å²) in [5.74, 6) is 2.31. The molecule has 5 rings (SSSR count). The van der Waals surface area contributed by atoms with Crippen molar-refractivity contribution in [3.8, 4) is 0 Å². The number of benzene rings is 2. The molecule has 30 heavy (non-hydrogen) atoms. The predicted octanol–water partition coefficient (Wildman–Crippen LogP) is 4.69. The highest BCUT2D eigenvalue weighted by Gasteiger charge is 2.24. The lowest BCUT2D eigenvalue weighted by Gasteiger charge is -2.29. The minimum absolute atomic E-state index is 0.00735. The number of carbonyl (C=O) groups excluding carboxylic acids is 2. The molecule has 0 unspecified atom stereocenters. The number of imidazole rings is 1. The SMILES string of the molecule is O=C(CCC(=O)N1CCSc2ccccc21)Nc1ccc2nc(C3CCC3)[nH]c2c1. The highest BCUT2D eigenvalue weighted by molar-refractivity contribution is 7.99. The Bertz CT molecular complexity index is 1110. The number of nitrogens with one attached hydrogen (secondary N) is 2. The number of hydrogen-bond donors (Lipinski definition) is 2. The Morgan fingerprint density at radius 1 is 1.17 bits per heavy atom. The minimum atomic E-state index is -0.152. The third kappa shape index (κ3) is 3.81. The summed E-state index contributed by atoms with van der Waals surface area (Å²) in [6, 6.07) is 13.6. The zero-order chi connectivity index (χ0) is 20.5. The molecule has 3 aromatic rings. The average Bonchev–Trinajstić information content (AvgIpc) is 3.12. The number of amides is 2. The number of fused-ring (bicyclic) bond motifs is 2. The fraction of sp³-hybridized carbons (Fsp3) is 0.348. The van der Waals surface area contributed by atoms with Crippen LogP contribution in [-0.2, 0) is 9.59 Å². The normalized spacial score (nSPS) is 16.2. The maximum atomic E-state index is 12.7. The van der Waals surface area contributed by atoms with Gasteiger partial charge in [-0.2, -0.15) is 0 Å². The molecule has 7 heteroatoms. The molecule has 1 aromatic heterocycles. The lowest BCUT2D eigenvalue weighted by atomic mass is 9.85. The zero-order valence-corrected chi connectivity index (χ0v) is 17.5. The first kappa shape index (κ1) is 19.2. The molecular formula is C23H24N4O2S. The molecule has 1 aliphatic carbocycles. The van der Waals surface area contributed by atoms with Gasteiger partial charge in [-0.15, -0.1) is 11.8 Å². The summed E-state index contributed by atoms with van der Waals surface area (Å²) in [7, 11) is 0. The number of aromatic nitrogens is 2. The molecule has 154 valence electrons. The van der Waals surface area contributed by atoms with Crippen LogP contribution in [0.3, 0.4) is 0 Å². The van der Waals surface area contributed by atoms with Crippen molar-refractivity contribution in [2.75, 3.05) is 22.5 Å². The lowest BCUT2D eigenvalue weighted by Crippen LogP contribution is -2.35. The van der Waals surface area contributed by atoms with Crippen LogP contribution in [0.15, 0.2) is 47.4 Å². The van der Waals surface area contributed by atoms with E-state index in [-0.39, 0.29) is 24.7 Å². The van der Waals surface area contributed by atoms with Gasteiger partial charge >= 0.3 is 0 Å². The number of H-pyrrole nitrogens is 1. The molecule has 2 aliphatic rings. The van der Waals surface area contributed by atoms with E-state index >= 15 is 0 Å². The van der Waals surface area contributed by atoms with Gasteiger partial charge < -0.3 is 15.2 Å². The summed E-state index contributed by atoms with van der Waals surface area (Å²) in [6.45, 7) is 0.682. The summed E-state index contributed by atoms with van der Waals surface area (Å²) in [6.07, 6.45) is 4.01. The number of para-hydroxylation sites is 1. The van der Waals surface area contributed by atoms with E-state index in [1.54, 1.807) is 16.7 Å². The van der Waals surface area contributed by atoms with Crippen LogP contribution in [0.4, 0.5) is 11.4 Å². The van der Waals surface area contributed by atoms with Gasteiger partial charge in [0.25, 0.3) is 0 Å². The van der Waals surface area contributed by atoms with Crippen LogP contribution in [0, 0.1) is 0 Å². The Morgan fingerprint density at radius 2 is 2.03 bits per heavy atom. The molecule has 1 fully saturated rings. The second kappa shape index (κ2) is 8.14. The molecule has 0 atom stereocenters. The van der Waals surface area contributed by atoms with Crippen LogP contribution in [-0.4, -0.2) is 34.1 Å². The van der Waals surface area contributed by atoms with E-state index in [2.05, 4.69) is 15.3 Å². The van der Waals surface area contributed by atoms with Crippen LogP contribution >= 0.6 is 11.8 Å². The zero-order valence-electron chi connectivity index (χ0n) is 16.7. The van der Waals surface area contributed by atoms with Crippen molar-refractivity contribution >= 4 is 46.0 Å². The van der Waals surface area contributed by atoms with E-state index in [9.17, 15) is 9.59 Å². The van der Waals surface area contributed by atoms with Gasteiger partial charge in [0, 0.05) is 41.6 Å². The predicted molar refractivity (Wildman–Crippen MR) is 120 cm³/mol. The highest BCUT2D eigenvalue weighted by Crippen LogP contribution is 2.36. The van der Waals surface area contributed by atoms with Crippen LogP contribution in [0.1, 0.15) is 43.8 Å². The topological polar surface area (TPSA) is 78.1 Å². The number of hydrogen-bond acceptors (Lipinski definition) is 4. The third-order valence-electron chi connectivity index (χ3n) is 5.87. The second-order valence-corrected chi connectivity index (χ2v) is 9.03. The van der Waals surface area contributed by atoms with Crippen molar-refractivity contribution in [1.82, 2.24) is 9.97 Å². The molecule has 0 saturated heterocycles. The summed E-state index contributed by atoms with van der Waals surface area (Å²) >= 11 is 1.76. The Hall–Kier alpha value is -2.80. The third-order valence-corrected chi connectivity index (χ3v) is 6.91. The fourth-order valence-electron chi connectivity index (χ4n) is 3.99. The molecule has 1 aliphatic heterocycles. The van der Waals surface area contributed by atoms with Gasteiger partial charge in [-0.1, -0.05) is 18.6 Å². The molecule has 0 spiro atoms. The van der Waals surface area contributed by atoms with E-state index in [1.807, 2.05) is 42.5 Å². The molecule has 2 aromatic carbocycles. The van der Waals surface area contributed by atoms with Gasteiger partial charge in [0.15, 0.2) is 0 Å². The van der Waals surface area contributed by atoms with Gasteiger partial charge in [0.1, 0.15) is 5.82 Å². The first-order valence-electron chi connectivity index (χ1n) is 10.5. The number of nitrogens with zero attached hydrogens (tertiary/aromatic N) is 2. The summed E-state index contributed by atoms with van der Waals surface area (Å²) in [5.41, 5.74) is 3.54. The first-order valence-corrected chi connectivity index (χ1v) is 11.5. The largest absolute Gasteiger partial charge is 0.342 e. The van der Waals surface area contributed by atoms with E-state index in [1.165, 1.54) is 19.3 Å². The molecule has 0 radical (unpaired) electrons. The van der Waals surface area contributed by atoms with Gasteiger partial charge in [-0.3, -0.25) is 9.59 Å². The van der Waals surface area contributed by atoms with E-state index in [4.69, 9.17) is 0 Å². The van der Waals surface area contributed by atoms with Gasteiger partial charge in [0.2, 0.25) is 11.8 Å². The molecular weight excluding hydrogens is 396 g/mol. The maximum Gasteiger partial charge on any atom is 0.227 e. The summed E-state index contributed by atoms with van der Waals surface area (Å²) in [4.78, 5) is 36.1. The van der Waals surface area contributed by atoms with Crippen molar-refractivity contribution in [2.24, 2.45) is 0 Å². The van der Waals surface area contributed by atoms with Crippen LogP contribution < -0.4 is 10.2 Å².